The monoisotopic (exact) mass is 319 g/mol. The van der Waals surface area contributed by atoms with Gasteiger partial charge in [0.1, 0.15) is 0 Å². The molecule has 2 heterocycles. The third kappa shape index (κ3) is 1.90. The molecule has 3 heteroatoms. The van der Waals surface area contributed by atoms with Crippen molar-refractivity contribution in [2.24, 2.45) is 5.92 Å². The maximum absolute atomic E-state index is 5.59. The lowest BCUT2D eigenvalue weighted by atomic mass is 9.76. The molecular formula is C21H21NO2. The summed E-state index contributed by atoms with van der Waals surface area (Å²) in [5.74, 6) is 2.77. The lowest BCUT2D eigenvalue weighted by molar-refractivity contribution is 0.174. The first-order chi connectivity index (χ1) is 11.7. The van der Waals surface area contributed by atoms with E-state index in [1.807, 2.05) is 6.07 Å². The number of benzene rings is 2. The maximum atomic E-state index is 5.59. The second kappa shape index (κ2) is 5.04. The minimum Gasteiger partial charge on any atom is -0.454 e. The van der Waals surface area contributed by atoms with Gasteiger partial charge in [0.2, 0.25) is 6.79 Å². The van der Waals surface area contributed by atoms with Gasteiger partial charge in [-0.15, -0.1) is 0 Å². The maximum Gasteiger partial charge on any atom is 0.231 e. The molecule has 5 rings (SSSR count). The molecular weight excluding hydrogens is 298 g/mol. The van der Waals surface area contributed by atoms with Crippen molar-refractivity contribution < 1.29 is 9.47 Å². The highest BCUT2D eigenvalue weighted by molar-refractivity contribution is 5.66. The quantitative estimate of drug-likeness (QED) is 0.762. The molecule has 0 fully saturated rings. The fourth-order valence-electron chi connectivity index (χ4n) is 4.36. The molecule has 0 saturated heterocycles. The van der Waals surface area contributed by atoms with Gasteiger partial charge >= 0.3 is 0 Å². The fourth-order valence-corrected chi connectivity index (χ4v) is 4.36. The van der Waals surface area contributed by atoms with Gasteiger partial charge in [0.15, 0.2) is 11.5 Å². The normalized spacial score (nSPS) is 26.0. The van der Waals surface area contributed by atoms with Gasteiger partial charge in [-0.2, -0.15) is 0 Å². The van der Waals surface area contributed by atoms with Crippen LogP contribution in [-0.4, -0.2) is 6.79 Å². The van der Waals surface area contributed by atoms with Crippen LogP contribution in [0.2, 0.25) is 0 Å². The number of ether oxygens (including phenoxy) is 2. The van der Waals surface area contributed by atoms with Gasteiger partial charge in [0.25, 0.3) is 0 Å². The Morgan fingerprint density at radius 2 is 1.92 bits per heavy atom. The molecule has 122 valence electrons. The van der Waals surface area contributed by atoms with E-state index in [0.717, 1.165) is 17.9 Å². The lowest BCUT2D eigenvalue weighted by Gasteiger charge is -2.38. The van der Waals surface area contributed by atoms with Crippen molar-refractivity contribution in [3.05, 3.63) is 64.7 Å². The van der Waals surface area contributed by atoms with Gasteiger partial charge in [-0.05, 0) is 60.6 Å². The largest absolute Gasteiger partial charge is 0.454 e. The molecule has 3 atom stereocenters. The SMILES string of the molecule is Cc1ccc2c(c1C)N[C@@H](c1ccc3c(c1)OCO3)[C@H]1CC=C[C@@H]21. The molecule has 1 N–H and O–H groups in total. The van der Waals surface area contributed by atoms with Crippen molar-refractivity contribution in [2.75, 3.05) is 12.1 Å². The van der Waals surface area contributed by atoms with Crippen LogP contribution in [0.5, 0.6) is 11.5 Å². The molecule has 0 radical (unpaired) electrons. The lowest BCUT2D eigenvalue weighted by Crippen LogP contribution is -2.29. The number of allylic oxidation sites excluding steroid dienone is 2. The van der Waals surface area contributed by atoms with Gasteiger partial charge in [-0.3, -0.25) is 0 Å². The predicted octanol–water partition coefficient (Wildman–Crippen LogP) is 4.86. The molecule has 2 aliphatic heterocycles. The summed E-state index contributed by atoms with van der Waals surface area (Å²) in [6.45, 7) is 4.73. The van der Waals surface area contributed by atoms with Gasteiger partial charge < -0.3 is 14.8 Å². The van der Waals surface area contributed by atoms with Crippen LogP contribution in [0.25, 0.3) is 0 Å². The first-order valence-corrected chi connectivity index (χ1v) is 8.65. The summed E-state index contributed by atoms with van der Waals surface area (Å²) < 4.78 is 11.1. The zero-order valence-electron chi connectivity index (χ0n) is 14.0. The average molecular weight is 319 g/mol. The summed E-state index contributed by atoms with van der Waals surface area (Å²) >= 11 is 0. The number of hydrogen-bond donors (Lipinski definition) is 1. The summed E-state index contributed by atoms with van der Waals surface area (Å²) in [4.78, 5) is 0. The third-order valence-corrected chi connectivity index (χ3v) is 5.82. The topological polar surface area (TPSA) is 30.5 Å². The van der Waals surface area contributed by atoms with Crippen LogP contribution in [0.15, 0.2) is 42.5 Å². The molecule has 2 aromatic carbocycles. The van der Waals surface area contributed by atoms with Crippen LogP contribution in [0.4, 0.5) is 5.69 Å². The average Bonchev–Trinajstić information content (AvgIpc) is 3.25. The molecule has 0 saturated carbocycles. The van der Waals surface area contributed by atoms with Gasteiger partial charge in [0.05, 0.1) is 6.04 Å². The van der Waals surface area contributed by atoms with E-state index in [9.17, 15) is 0 Å². The van der Waals surface area contributed by atoms with E-state index in [1.54, 1.807) is 0 Å². The number of fused-ring (bicyclic) bond motifs is 4. The summed E-state index contributed by atoms with van der Waals surface area (Å²) in [5, 5.41) is 3.85. The van der Waals surface area contributed by atoms with E-state index in [0.29, 0.717) is 24.7 Å². The Labute approximate surface area is 142 Å². The van der Waals surface area contributed by atoms with Crippen molar-refractivity contribution in [2.45, 2.75) is 32.2 Å². The van der Waals surface area contributed by atoms with Gasteiger partial charge in [-0.25, -0.2) is 0 Å². The molecule has 0 amide bonds. The number of aryl methyl sites for hydroxylation is 1. The Morgan fingerprint density at radius 1 is 1.04 bits per heavy atom. The number of hydrogen-bond acceptors (Lipinski definition) is 3. The Kier molecular flexibility index (Phi) is 2.93. The fraction of sp³-hybridized carbons (Fsp3) is 0.333. The minimum atomic E-state index is 0.299. The van der Waals surface area contributed by atoms with Gasteiger partial charge in [-0.1, -0.05) is 30.4 Å². The third-order valence-electron chi connectivity index (χ3n) is 5.82. The number of rotatable bonds is 1. The summed E-state index contributed by atoms with van der Waals surface area (Å²) in [5.41, 5.74) is 6.73. The van der Waals surface area contributed by atoms with E-state index in [4.69, 9.17) is 9.47 Å². The molecule has 1 aliphatic carbocycles. The second-order valence-electron chi connectivity index (χ2n) is 7.06. The number of nitrogens with one attached hydrogen (secondary N) is 1. The van der Waals surface area contributed by atoms with Crippen molar-refractivity contribution in [1.29, 1.82) is 0 Å². The van der Waals surface area contributed by atoms with Crippen molar-refractivity contribution in [1.82, 2.24) is 0 Å². The van der Waals surface area contributed by atoms with Crippen molar-refractivity contribution in [3.8, 4) is 11.5 Å². The van der Waals surface area contributed by atoms with Gasteiger partial charge in [0, 0.05) is 11.6 Å². The van der Waals surface area contributed by atoms with E-state index < -0.39 is 0 Å². The van der Waals surface area contributed by atoms with Crippen LogP contribution in [0.3, 0.4) is 0 Å². The van der Waals surface area contributed by atoms with Crippen LogP contribution in [0, 0.1) is 19.8 Å². The molecule has 24 heavy (non-hydrogen) atoms. The Bertz CT molecular complexity index is 855. The van der Waals surface area contributed by atoms with E-state index in [-0.39, 0.29) is 0 Å². The van der Waals surface area contributed by atoms with Crippen LogP contribution < -0.4 is 14.8 Å². The summed E-state index contributed by atoms with van der Waals surface area (Å²) in [6, 6.07) is 11.2. The summed E-state index contributed by atoms with van der Waals surface area (Å²) in [6.07, 6.45) is 5.84. The highest BCUT2D eigenvalue weighted by Crippen LogP contribution is 2.51. The first kappa shape index (κ1) is 14.0. The van der Waals surface area contributed by atoms with Crippen LogP contribution in [-0.2, 0) is 0 Å². The molecule has 3 nitrogen and oxygen atoms in total. The van der Waals surface area contributed by atoms with Crippen molar-refractivity contribution in [3.63, 3.8) is 0 Å². The van der Waals surface area contributed by atoms with E-state index in [2.05, 4.69) is 55.6 Å². The zero-order valence-corrected chi connectivity index (χ0v) is 14.0. The molecule has 2 aromatic rings. The second-order valence-corrected chi connectivity index (χ2v) is 7.06. The molecule has 0 aromatic heterocycles. The predicted molar refractivity (Wildman–Crippen MR) is 94.8 cm³/mol. The molecule has 0 unspecified atom stereocenters. The van der Waals surface area contributed by atoms with E-state index >= 15 is 0 Å². The standard InChI is InChI=1S/C21H21NO2/c1-12-6-8-17-15-4-3-5-16(15)21(22-20(17)13(12)2)14-7-9-18-19(10-14)24-11-23-18/h3-4,6-10,15-16,21-22H,5,11H2,1-2H3/t15-,16+,21+/m1/s1. The minimum absolute atomic E-state index is 0.299. The molecule has 0 spiro atoms. The zero-order chi connectivity index (χ0) is 16.3. The van der Waals surface area contributed by atoms with Crippen molar-refractivity contribution >= 4 is 5.69 Å². The first-order valence-electron chi connectivity index (χ1n) is 8.65. The Morgan fingerprint density at radius 3 is 2.83 bits per heavy atom. The molecule has 3 aliphatic rings. The van der Waals surface area contributed by atoms with E-state index in [1.165, 1.54) is 27.9 Å². The Hall–Kier alpha value is -2.42. The smallest absolute Gasteiger partial charge is 0.231 e. The number of anilines is 1. The highest BCUT2D eigenvalue weighted by Gasteiger charge is 2.38. The van der Waals surface area contributed by atoms with Crippen LogP contribution >= 0.6 is 0 Å². The molecule has 0 bridgehead atoms. The highest BCUT2D eigenvalue weighted by atomic mass is 16.7. The van der Waals surface area contributed by atoms with Crippen LogP contribution in [0.1, 0.15) is 40.6 Å². The summed E-state index contributed by atoms with van der Waals surface area (Å²) in [7, 11) is 0. The Balaban J connectivity index is 1.61.